The molecule has 2 aliphatic rings. The van der Waals surface area contributed by atoms with Crippen molar-refractivity contribution in [2.45, 2.75) is 32.1 Å². The lowest BCUT2D eigenvalue weighted by atomic mass is 9.86. The fourth-order valence-electron chi connectivity index (χ4n) is 3.97. The number of aromatic nitrogens is 2. The number of pyridine rings is 2. The van der Waals surface area contributed by atoms with E-state index in [1.165, 1.54) is 0 Å². The first kappa shape index (κ1) is 18.1. The second-order valence-electron chi connectivity index (χ2n) is 6.98. The van der Waals surface area contributed by atoms with E-state index in [-0.39, 0.29) is 29.8 Å². The van der Waals surface area contributed by atoms with E-state index < -0.39 is 11.6 Å². The predicted octanol–water partition coefficient (Wildman–Crippen LogP) is 0.960. The lowest BCUT2D eigenvalue weighted by Gasteiger charge is -2.31. The third-order valence-electron chi connectivity index (χ3n) is 5.49. The number of cyclic esters (lactones) is 1. The maximum atomic E-state index is 13.0. The van der Waals surface area contributed by atoms with Crippen LogP contribution in [0.1, 0.15) is 30.0 Å². The van der Waals surface area contributed by atoms with Gasteiger partial charge in [-0.1, -0.05) is 6.92 Å². The molecule has 144 valence electrons. The third kappa shape index (κ3) is 2.22. The van der Waals surface area contributed by atoms with Crippen LogP contribution in [0, 0.1) is 0 Å². The monoisotopic (exact) mass is 382 g/mol. The minimum Gasteiger partial charge on any atom is -0.508 e. The first-order valence-electron chi connectivity index (χ1n) is 8.72. The maximum Gasteiger partial charge on any atom is 0.343 e. The Morgan fingerprint density at radius 1 is 1.25 bits per heavy atom. The number of phenols is 1. The molecule has 3 aromatic rings. The zero-order valence-electron chi connectivity index (χ0n) is 15.0. The number of phenolic OH excluding ortho intramolecular Hbond substituents is 1. The van der Waals surface area contributed by atoms with Gasteiger partial charge in [-0.05, 0) is 36.8 Å². The number of carbonyl (C=O) groups excluding carboxylic acids is 1. The van der Waals surface area contributed by atoms with Crippen LogP contribution in [0.15, 0.2) is 35.1 Å². The number of hydrogen-bond donors (Lipinski definition) is 2. The highest BCUT2D eigenvalue weighted by atomic mass is 16.6. The first-order valence-corrected chi connectivity index (χ1v) is 8.72. The topological polar surface area (TPSA) is 133 Å². The number of aliphatic hydroxyl groups is 1. The van der Waals surface area contributed by atoms with Gasteiger partial charge in [-0.25, -0.2) is 9.78 Å². The number of aromatic hydroxyl groups is 1. The minimum absolute atomic E-state index is 0. The van der Waals surface area contributed by atoms with Crippen molar-refractivity contribution in [3.8, 4) is 17.1 Å². The van der Waals surface area contributed by atoms with Crippen molar-refractivity contribution in [1.29, 1.82) is 0 Å². The molecule has 1 aromatic carbocycles. The van der Waals surface area contributed by atoms with Crippen molar-refractivity contribution in [3.63, 3.8) is 0 Å². The molecule has 0 saturated carbocycles. The summed E-state index contributed by atoms with van der Waals surface area (Å²) in [4.78, 5) is 29.8. The Morgan fingerprint density at radius 2 is 2.04 bits per heavy atom. The molecule has 0 aliphatic carbocycles. The van der Waals surface area contributed by atoms with Crippen molar-refractivity contribution in [1.82, 2.24) is 9.55 Å². The van der Waals surface area contributed by atoms with Gasteiger partial charge in [-0.3, -0.25) is 4.79 Å². The van der Waals surface area contributed by atoms with Crippen molar-refractivity contribution >= 4 is 16.9 Å². The van der Waals surface area contributed by atoms with Gasteiger partial charge in [0.05, 0.1) is 29.0 Å². The number of ether oxygens (including phenoxy) is 1. The molecule has 28 heavy (non-hydrogen) atoms. The highest BCUT2D eigenvalue weighted by Gasteiger charge is 2.45. The molecule has 0 spiro atoms. The average molecular weight is 382 g/mol. The summed E-state index contributed by atoms with van der Waals surface area (Å²) in [6, 6.07) is 8.48. The summed E-state index contributed by atoms with van der Waals surface area (Å²) >= 11 is 0. The molecule has 2 aromatic heterocycles. The highest BCUT2D eigenvalue weighted by Crippen LogP contribution is 2.38. The van der Waals surface area contributed by atoms with Crippen LogP contribution in [-0.2, 0) is 28.3 Å². The average Bonchev–Trinajstić information content (AvgIpc) is 3.01. The standard InChI is InChI=1S/C20H16N2O5.H2O/c1-2-20(26)14-7-16-17-11(5-10-6-12(23)3-4-15(10)21-17)8-22(16)18(24)13(14)9-27-19(20)25;/h3-7,23,26H,2,8-9H2,1H3;1H2/t20-;/m0./s1. The van der Waals surface area contributed by atoms with E-state index in [0.717, 1.165) is 10.9 Å². The molecule has 0 radical (unpaired) electrons. The van der Waals surface area contributed by atoms with Gasteiger partial charge in [0.25, 0.3) is 5.56 Å². The number of nitrogens with zero attached hydrogens (tertiary/aromatic N) is 2. The smallest absolute Gasteiger partial charge is 0.343 e. The molecule has 8 nitrogen and oxygen atoms in total. The summed E-state index contributed by atoms with van der Waals surface area (Å²) in [5, 5.41) is 21.3. The lowest BCUT2D eigenvalue weighted by Crippen LogP contribution is -2.44. The van der Waals surface area contributed by atoms with E-state index in [1.807, 2.05) is 6.07 Å². The Kier molecular flexibility index (Phi) is 3.81. The Bertz CT molecular complexity index is 1220. The Hall–Kier alpha value is -3.23. The van der Waals surface area contributed by atoms with Crippen molar-refractivity contribution in [2.75, 3.05) is 0 Å². The fourth-order valence-corrected chi connectivity index (χ4v) is 3.97. The summed E-state index contributed by atoms with van der Waals surface area (Å²) < 4.78 is 6.65. The van der Waals surface area contributed by atoms with Crippen LogP contribution in [0.5, 0.6) is 5.75 Å². The van der Waals surface area contributed by atoms with Crippen LogP contribution >= 0.6 is 0 Å². The van der Waals surface area contributed by atoms with Crippen LogP contribution < -0.4 is 5.56 Å². The van der Waals surface area contributed by atoms with Gasteiger partial charge in [-0.15, -0.1) is 0 Å². The number of esters is 1. The number of benzene rings is 1. The number of hydrogen-bond acceptors (Lipinski definition) is 6. The molecular formula is C20H18N2O6. The largest absolute Gasteiger partial charge is 0.508 e. The number of rotatable bonds is 1. The zero-order valence-corrected chi connectivity index (χ0v) is 15.0. The second-order valence-corrected chi connectivity index (χ2v) is 6.98. The Labute approximate surface area is 159 Å². The van der Waals surface area contributed by atoms with Crippen LogP contribution in [0.3, 0.4) is 0 Å². The zero-order chi connectivity index (χ0) is 18.9. The minimum atomic E-state index is -1.83. The van der Waals surface area contributed by atoms with E-state index in [2.05, 4.69) is 4.98 Å². The molecule has 1 atom stereocenters. The molecule has 0 unspecified atom stereocenters. The van der Waals surface area contributed by atoms with Gasteiger partial charge in [0.15, 0.2) is 5.60 Å². The number of fused-ring (bicyclic) bond motifs is 5. The molecule has 0 fully saturated rings. The molecule has 0 amide bonds. The van der Waals surface area contributed by atoms with Crippen LogP contribution in [0.4, 0.5) is 0 Å². The molecule has 4 heterocycles. The van der Waals surface area contributed by atoms with Crippen LogP contribution in [0.25, 0.3) is 22.3 Å². The van der Waals surface area contributed by atoms with Crippen molar-refractivity contribution in [3.05, 3.63) is 57.4 Å². The van der Waals surface area contributed by atoms with Crippen LogP contribution in [0.2, 0.25) is 0 Å². The summed E-state index contributed by atoms with van der Waals surface area (Å²) in [6.07, 6.45) is 0.110. The third-order valence-corrected chi connectivity index (χ3v) is 5.49. The van der Waals surface area contributed by atoms with Gasteiger partial charge in [0, 0.05) is 16.5 Å². The molecule has 0 bridgehead atoms. The first-order chi connectivity index (χ1) is 12.9. The summed E-state index contributed by atoms with van der Waals surface area (Å²) in [5.74, 6) is -0.585. The molecule has 4 N–H and O–H groups in total. The second kappa shape index (κ2) is 5.88. The normalized spacial score (nSPS) is 19.4. The lowest BCUT2D eigenvalue weighted by molar-refractivity contribution is -0.172. The Morgan fingerprint density at radius 3 is 2.79 bits per heavy atom. The van der Waals surface area contributed by atoms with Crippen molar-refractivity contribution < 1.29 is 25.2 Å². The van der Waals surface area contributed by atoms with E-state index in [1.54, 1.807) is 35.8 Å². The van der Waals surface area contributed by atoms with E-state index in [0.29, 0.717) is 34.6 Å². The molecule has 5 rings (SSSR count). The SMILES string of the molecule is CC[C@@]1(O)C(=O)OCc2c1cc1n(c2=O)Cc2cc3cc(O)ccc3nc2-1.O. The molecule has 0 saturated heterocycles. The maximum absolute atomic E-state index is 13.0. The van der Waals surface area contributed by atoms with Crippen molar-refractivity contribution in [2.24, 2.45) is 0 Å². The van der Waals surface area contributed by atoms with E-state index in [4.69, 9.17) is 4.74 Å². The quantitative estimate of drug-likeness (QED) is 0.471. The molecule has 2 aliphatic heterocycles. The Balaban J connectivity index is 0.00000192. The van der Waals surface area contributed by atoms with Gasteiger partial charge >= 0.3 is 5.97 Å². The summed E-state index contributed by atoms with van der Waals surface area (Å²) in [6.45, 7) is 1.87. The van der Waals surface area contributed by atoms with Gasteiger partial charge in [0.1, 0.15) is 12.4 Å². The van der Waals surface area contributed by atoms with E-state index in [9.17, 15) is 19.8 Å². The highest BCUT2D eigenvalue weighted by molar-refractivity contribution is 5.86. The summed E-state index contributed by atoms with van der Waals surface area (Å²) in [7, 11) is 0. The molecular weight excluding hydrogens is 364 g/mol. The van der Waals surface area contributed by atoms with Gasteiger partial charge in [-0.2, -0.15) is 0 Å². The fraction of sp³-hybridized carbons (Fsp3) is 0.250. The van der Waals surface area contributed by atoms with E-state index >= 15 is 0 Å². The van der Waals surface area contributed by atoms with Gasteiger partial charge < -0.3 is 25.0 Å². The summed E-state index contributed by atoms with van der Waals surface area (Å²) in [5.41, 5.74) is 1.25. The molecule has 8 heteroatoms. The van der Waals surface area contributed by atoms with Gasteiger partial charge in [0.2, 0.25) is 0 Å². The van der Waals surface area contributed by atoms with Crippen LogP contribution in [-0.4, -0.2) is 31.2 Å². The predicted molar refractivity (Wildman–Crippen MR) is 99.8 cm³/mol. The number of carbonyl (C=O) groups is 1.